The molecule has 20 heavy (non-hydrogen) atoms. The van der Waals surface area contributed by atoms with Gasteiger partial charge in [0.1, 0.15) is 6.61 Å². The van der Waals surface area contributed by atoms with Crippen LogP contribution < -0.4 is 0 Å². The minimum absolute atomic E-state index is 0.302. The fraction of sp³-hybridized carbons (Fsp3) is 0.812. The van der Waals surface area contributed by atoms with E-state index in [1.54, 1.807) is 6.92 Å². The van der Waals surface area contributed by atoms with E-state index in [0.717, 1.165) is 25.9 Å². The highest BCUT2D eigenvalue weighted by molar-refractivity contribution is 5.86. The van der Waals surface area contributed by atoms with Gasteiger partial charge in [0.15, 0.2) is 0 Å². The molecule has 0 radical (unpaired) electrons. The van der Waals surface area contributed by atoms with Crippen molar-refractivity contribution in [1.82, 2.24) is 0 Å². The summed E-state index contributed by atoms with van der Waals surface area (Å²) >= 11 is 0. The van der Waals surface area contributed by atoms with Gasteiger partial charge in [0, 0.05) is 18.8 Å². The summed E-state index contributed by atoms with van der Waals surface area (Å²) in [6.45, 7) is 6.95. The van der Waals surface area contributed by atoms with Crippen LogP contribution in [0.3, 0.4) is 0 Å². The van der Waals surface area contributed by atoms with E-state index in [9.17, 15) is 4.79 Å². The summed E-state index contributed by atoms with van der Waals surface area (Å²) in [6.07, 6.45) is 9.32. The summed E-state index contributed by atoms with van der Waals surface area (Å²) in [5.74, 6) is -0.352. The predicted octanol–water partition coefficient (Wildman–Crippen LogP) is 3.24. The number of esters is 1. The van der Waals surface area contributed by atoms with Gasteiger partial charge in [0.2, 0.25) is 0 Å². The Morgan fingerprint density at radius 2 is 1.45 bits per heavy atom. The van der Waals surface area contributed by atoms with Crippen molar-refractivity contribution in [3.05, 3.63) is 12.2 Å². The monoisotopic (exact) mass is 286 g/mol. The Bertz CT molecular complexity index is 251. The van der Waals surface area contributed by atoms with Crippen LogP contribution in [0, 0.1) is 0 Å². The Morgan fingerprint density at radius 3 is 2.00 bits per heavy atom. The maximum atomic E-state index is 11.1. The number of hydrogen-bond donors (Lipinski definition) is 1. The number of aliphatic hydroxyl groups excluding tert-OH is 1. The van der Waals surface area contributed by atoms with Crippen LogP contribution in [0.4, 0.5) is 0 Å². The highest BCUT2D eigenvalue weighted by atomic mass is 16.6. The van der Waals surface area contributed by atoms with E-state index in [0.29, 0.717) is 25.4 Å². The number of carbonyl (C=O) groups excluding carboxylic acids is 1. The molecule has 4 heteroatoms. The van der Waals surface area contributed by atoms with Gasteiger partial charge in [-0.15, -0.1) is 0 Å². The zero-order valence-corrected chi connectivity index (χ0v) is 12.9. The Kier molecular flexibility index (Phi) is 13.9. The lowest BCUT2D eigenvalue weighted by Gasteiger charge is -2.06. The van der Waals surface area contributed by atoms with Crippen molar-refractivity contribution in [1.29, 1.82) is 0 Å². The van der Waals surface area contributed by atoms with Gasteiger partial charge in [0.05, 0.1) is 6.61 Å². The average Bonchev–Trinajstić information content (AvgIpc) is 2.43. The lowest BCUT2D eigenvalue weighted by Crippen LogP contribution is -2.11. The molecular weight excluding hydrogens is 256 g/mol. The maximum absolute atomic E-state index is 11.1. The zero-order chi connectivity index (χ0) is 15.1. The molecule has 1 N–H and O–H groups in total. The molecule has 0 aromatic heterocycles. The van der Waals surface area contributed by atoms with E-state index in [-0.39, 0.29) is 5.97 Å². The van der Waals surface area contributed by atoms with Gasteiger partial charge < -0.3 is 14.6 Å². The first-order valence-electron chi connectivity index (χ1n) is 7.69. The minimum Gasteiger partial charge on any atom is -0.460 e. The molecule has 0 aliphatic rings. The van der Waals surface area contributed by atoms with Crippen molar-refractivity contribution in [3.63, 3.8) is 0 Å². The predicted molar refractivity (Wildman–Crippen MR) is 80.6 cm³/mol. The van der Waals surface area contributed by atoms with Crippen LogP contribution >= 0.6 is 0 Å². The summed E-state index contributed by atoms with van der Waals surface area (Å²) in [7, 11) is 0. The molecule has 0 rings (SSSR count). The molecule has 0 fully saturated rings. The first-order valence-corrected chi connectivity index (χ1v) is 7.69. The normalized spacial score (nSPS) is 10.5. The van der Waals surface area contributed by atoms with E-state index < -0.39 is 0 Å². The molecule has 0 amide bonds. The molecule has 0 spiro atoms. The molecule has 0 saturated carbocycles. The van der Waals surface area contributed by atoms with Crippen LogP contribution in [-0.2, 0) is 14.3 Å². The Balaban J connectivity index is 3.06. The topological polar surface area (TPSA) is 55.8 Å². The lowest BCUT2D eigenvalue weighted by atomic mass is 10.1. The summed E-state index contributed by atoms with van der Waals surface area (Å²) in [4.78, 5) is 11.1. The van der Waals surface area contributed by atoms with Gasteiger partial charge in [-0.1, -0.05) is 45.1 Å². The fourth-order valence-electron chi connectivity index (χ4n) is 1.80. The quantitative estimate of drug-likeness (QED) is 0.302. The first-order chi connectivity index (χ1) is 9.68. The van der Waals surface area contributed by atoms with E-state index in [1.165, 1.54) is 32.1 Å². The third-order valence-corrected chi connectivity index (χ3v) is 3.01. The number of ether oxygens (including phenoxy) is 2. The molecule has 4 nitrogen and oxygen atoms in total. The molecule has 0 bridgehead atoms. The van der Waals surface area contributed by atoms with Crippen LogP contribution in [-0.4, -0.2) is 37.5 Å². The van der Waals surface area contributed by atoms with Crippen molar-refractivity contribution in [2.75, 3.05) is 26.4 Å². The number of rotatable bonds is 14. The highest BCUT2D eigenvalue weighted by Crippen LogP contribution is 2.08. The van der Waals surface area contributed by atoms with Crippen LogP contribution in [0.1, 0.15) is 58.3 Å². The lowest BCUT2D eigenvalue weighted by molar-refractivity contribution is -0.140. The van der Waals surface area contributed by atoms with E-state index in [1.807, 2.05) is 0 Å². The van der Waals surface area contributed by atoms with Gasteiger partial charge in [-0.2, -0.15) is 0 Å². The maximum Gasteiger partial charge on any atom is 0.333 e. The van der Waals surface area contributed by atoms with Crippen molar-refractivity contribution in [2.45, 2.75) is 58.3 Å². The second kappa shape index (κ2) is 14.5. The SMILES string of the molecule is C=C(C)C(=O)OCCOCCCCCCCCCCO. The Labute approximate surface area is 123 Å². The van der Waals surface area contributed by atoms with Gasteiger partial charge in [0.25, 0.3) is 0 Å². The molecule has 0 aliphatic carbocycles. The summed E-state index contributed by atoms with van der Waals surface area (Å²) in [6, 6.07) is 0. The Morgan fingerprint density at radius 1 is 0.900 bits per heavy atom. The second-order valence-electron chi connectivity index (χ2n) is 5.08. The number of aliphatic hydroxyl groups is 1. The third-order valence-electron chi connectivity index (χ3n) is 3.01. The van der Waals surface area contributed by atoms with Gasteiger partial charge in [-0.05, 0) is 19.8 Å². The third kappa shape index (κ3) is 13.6. The molecule has 0 saturated heterocycles. The fourth-order valence-corrected chi connectivity index (χ4v) is 1.80. The molecule has 118 valence electrons. The van der Waals surface area contributed by atoms with E-state index in [4.69, 9.17) is 14.6 Å². The first kappa shape index (κ1) is 19.1. The summed E-state index contributed by atoms with van der Waals surface area (Å²) < 4.78 is 10.3. The van der Waals surface area contributed by atoms with Crippen LogP contribution in [0.15, 0.2) is 12.2 Å². The number of hydrogen-bond acceptors (Lipinski definition) is 4. The van der Waals surface area contributed by atoms with E-state index >= 15 is 0 Å². The van der Waals surface area contributed by atoms with Crippen molar-refractivity contribution < 1.29 is 19.4 Å². The van der Waals surface area contributed by atoms with Crippen LogP contribution in [0.25, 0.3) is 0 Å². The second-order valence-corrected chi connectivity index (χ2v) is 5.08. The summed E-state index contributed by atoms with van der Waals surface area (Å²) in [5, 5.41) is 8.64. The van der Waals surface area contributed by atoms with Crippen molar-refractivity contribution in [3.8, 4) is 0 Å². The molecular formula is C16H30O4. The highest BCUT2D eigenvalue weighted by Gasteiger charge is 2.01. The molecule has 0 aromatic rings. The average molecular weight is 286 g/mol. The van der Waals surface area contributed by atoms with Gasteiger partial charge >= 0.3 is 5.97 Å². The smallest absolute Gasteiger partial charge is 0.333 e. The number of unbranched alkanes of at least 4 members (excludes halogenated alkanes) is 7. The standard InChI is InChI=1S/C16H30O4/c1-15(2)16(18)20-14-13-19-12-10-8-6-4-3-5-7-9-11-17/h17H,1,3-14H2,2H3. The largest absolute Gasteiger partial charge is 0.460 e. The number of carbonyl (C=O) groups is 1. The molecule has 0 unspecified atom stereocenters. The van der Waals surface area contributed by atoms with E-state index in [2.05, 4.69) is 6.58 Å². The van der Waals surface area contributed by atoms with Crippen LogP contribution in [0.2, 0.25) is 0 Å². The molecule has 0 atom stereocenters. The summed E-state index contributed by atoms with van der Waals surface area (Å²) in [5.41, 5.74) is 0.420. The van der Waals surface area contributed by atoms with Crippen molar-refractivity contribution >= 4 is 5.97 Å². The molecule has 0 aromatic carbocycles. The van der Waals surface area contributed by atoms with Gasteiger partial charge in [-0.3, -0.25) is 0 Å². The molecule has 0 heterocycles. The van der Waals surface area contributed by atoms with Crippen LogP contribution in [0.5, 0.6) is 0 Å². The minimum atomic E-state index is -0.352. The Hall–Kier alpha value is -0.870. The zero-order valence-electron chi connectivity index (χ0n) is 12.9. The van der Waals surface area contributed by atoms with Crippen molar-refractivity contribution in [2.24, 2.45) is 0 Å². The van der Waals surface area contributed by atoms with Gasteiger partial charge in [-0.25, -0.2) is 4.79 Å². The molecule has 0 aliphatic heterocycles.